The number of halogens is 3. The highest BCUT2D eigenvalue weighted by Gasteiger charge is 2.31. The molecule has 2 heterocycles. The molecule has 0 radical (unpaired) electrons. The van der Waals surface area contributed by atoms with Crippen LogP contribution in [0.25, 0.3) is 11.3 Å². The summed E-state index contributed by atoms with van der Waals surface area (Å²) in [6.07, 6.45) is -2.79. The molecule has 0 aliphatic carbocycles. The summed E-state index contributed by atoms with van der Waals surface area (Å²) < 4.78 is 45.4. The Morgan fingerprint density at radius 3 is 2.36 bits per heavy atom. The summed E-state index contributed by atoms with van der Waals surface area (Å²) in [6, 6.07) is 12.6. The molecule has 0 saturated carbocycles. The Labute approximate surface area is 189 Å². The zero-order valence-corrected chi connectivity index (χ0v) is 18.1. The lowest BCUT2D eigenvalue weighted by Crippen LogP contribution is -2.47. The summed E-state index contributed by atoms with van der Waals surface area (Å²) in [5, 5.41) is 4.24. The van der Waals surface area contributed by atoms with Gasteiger partial charge in [0.05, 0.1) is 31.1 Å². The Kier molecular flexibility index (Phi) is 6.64. The first-order valence-corrected chi connectivity index (χ1v) is 10.6. The molecule has 4 rings (SSSR count). The molecule has 7 nitrogen and oxygen atoms in total. The van der Waals surface area contributed by atoms with Crippen molar-refractivity contribution >= 4 is 5.69 Å². The van der Waals surface area contributed by atoms with E-state index < -0.39 is 17.4 Å². The Hall–Kier alpha value is -3.40. The van der Waals surface area contributed by atoms with Crippen LogP contribution in [-0.4, -0.2) is 59.5 Å². The van der Waals surface area contributed by atoms with Crippen LogP contribution >= 0.6 is 0 Å². The molecule has 2 aromatic carbocycles. The smallest absolute Gasteiger partial charge is 0.416 e. The van der Waals surface area contributed by atoms with Crippen LogP contribution in [-0.2, 0) is 12.7 Å². The Morgan fingerprint density at radius 2 is 1.73 bits per heavy atom. The first-order valence-electron chi connectivity index (χ1n) is 10.6. The summed E-state index contributed by atoms with van der Waals surface area (Å²) in [4.78, 5) is 20.6. The molecular weight excluding hydrogens is 435 g/mol. The number of hydrogen-bond acceptors (Lipinski definition) is 6. The average molecular weight is 459 g/mol. The number of alkyl halides is 3. The van der Waals surface area contributed by atoms with Gasteiger partial charge in [-0.2, -0.15) is 23.3 Å². The van der Waals surface area contributed by atoms with Crippen LogP contribution in [0, 0.1) is 0 Å². The number of piperazine rings is 1. The Bertz CT molecular complexity index is 1140. The molecule has 33 heavy (non-hydrogen) atoms. The van der Waals surface area contributed by atoms with Crippen molar-refractivity contribution in [1.82, 2.24) is 19.7 Å². The minimum absolute atomic E-state index is 0.387. The Balaban J connectivity index is 1.32. The molecule has 10 heteroatoms. The minimum atomic E-state index is -4.35. The molecule has 1 fully saturated rings. The highest BCUT2D eigenvalue weighted by molar-refractivity contribution is 5.58. The zero-order chi connectivity index (χ0) is 23.4. The maximum atomic E-state index is 13.0. The van der Waals surface area contributed by atoms with E-state index in [4.69, 9.17) is 4.74 Å². The molecule has 0 unspecified atom stereocenters. The van der Waals surface area contributed by atoms with Gasteiger partial charge in [0.25, 0.3) is 0 Å². The van der Waals surface area contributed by atoms with Gasteiger partial charge in [-0.3, -0.25) is 4.90 Å². The van der Waals surface area contributed by atoms with E-state index in [-0.39, 0.29) is 0 Å². The second kappa shape index (κ2) is 9.62. The van der Waals surface area contributed by atoms with Gasteiger partial charge in [-0.25, -0.2) is 9.48 Å². The van der Waals surface area contributed by atoms with E-state index in [1.807, 2.05) is 17.0 Å². The first kappa shape index (κ1) is 22.8. The third-order valence-corrected chi connectivity index (χ3v) is 5.68. The van der Waals surface area contributed by atoms with Crippen LogP contribution in [0.4, 0.5) is 18.9 Å². The summed E-state index contributed by atoms with van der Waals surface area (Å²) >= 11 is 0. The van der Waals surface area contributed by atoms with E-state index in [0.717, 1.165) is 11.6 Å². The van der Waals surface area contributed by atoms with E-state index in [1.165, 1.54) is 16.8 Å². The minimum Gasteiger partial charge on any atom is -0.497 e. The highest BCUT2D eigenvalue weighted by Crippen LogP contribution is 2.31. The fourth-order valence-electron chi connectivity index (χ4n) is 3.76. The van der Waals surface area contributed by atoms with E-state index >= 15 is 0 Å². The summed E-state index contributed by atoms with van der Waals surface area (Å²) in [6.45, 7) is 3.58. The standard InChI is InChI=1S/C23H24F3N5O2/c1-33-20-7-5-17(6-8-20)21-16-27-31(22(32)28-21)14-11-29-9-12-30(13-10-29)19-4-2-3-18(15-19)23(24,25)26/h2-8,15-16H,9-14H2,1H3. The third kappa shape index (κ3) is 5.51. The van der Waals surface area contributed by atoms with E-state index in [2.05, 4.69) is 15.0 Å². The van der Waals surface area contributed by atoms with Crippen molar-refractivity contribution in [3.05, 3.63) is 70.8 Å². The number of hydrogen-bond donors (Lipinski definition) is 0. The van der Waals surface area contributed by atoms with Gasteiger partial charge in [-0.05, 0) is 42.5 Å². The fourth-order valence-corrected chi connectivity index (χ4v) is 3.76. The summed E-state index contributed by atoms with van der Waals surface area (Å²) in [5.41, 5.74) is 0.775. The van der Waals surface area contributed by atoms with Gasteiger partial charge in [-0.1, -0.05) is 6.07 Å². The SMILES string of the molecule is COc1ccc(-c2cnn(CCN3CCN(c4cccc(C(F)(F)F)c4)CC3)c(=O)n2)cc1. The van der Waals surface area contributed by atoms with Gasteiger partial charge < -0.3 is 9.64 Å². The molecule has 0 N–H and O–H groups in total. The maximum absolute atomic E-state index is 13.0. The molecule has 0 spiro atoms. The fraction of sp³-hybridized carbons (Fsp3) is 0.348. The molecule has 0 amide bonds. The van der Waals surface area contributed by atoms with Gasteiger partial charge in [-0.15, -0.1) is 0 Å². The summed E-state index contributed by atoms with van der Waals surface area (Å²) in [7, 11) is 1.58. The van der Waals surface area contributed by atoms with Gasteiger partial charge in [0.1, 0.15) is 5.75 Å². The Morgan fingerprint density at radius 1 is 1.00 bits per heavy atom. The van der Waals surface area contributed by atoms with Gasteiger partial charge in [0.15, 0.2) is 0 Å². The lowest BCUT2D eigenvalue weighted by atomic mass is 10.1. The number of anilines is 1. The van der Waals surface area contributed by atoms with Gasteiger partial charge >= 0.3 is 11.9 Å². The van der Waals surface area contributed by atoms with Crippen LogP contribution in [0.5, 0.6) is 5.75 Å². The first-order chi connectivity index (χ1) is 15.8. The van der Waals surface area contributed by atoms with Crippen molar-refractivity contribution in [2.75, 3.05) is 44.7 Å². The molecular formula is C23H24F3N5O2. The molecule has 0 bridgehead atoms. The van der Waals surface area contributed by atoms with E-state index in [0.29, 0.717) is 56.4 Å². The topological polar surface area (TPSA) is 63.5 Å². The molecule has 1 aromatic heterocycles. The molecule has 174 valence electrons. The normalized spacial score (nSPS) is 15.0. The highest BCUT2D eigenvalue weighted by atomic mass is 19.4. The molecule has 0 atom stereocenters. The number of benzene rings is 2. The predicted octanol–water partition coefficient (Wildman–Crippen LogP) is 3.15. The zero-order valence-electron chi connectivity index (χ0n) is 18.1. The lowest BCUT2D eigenvalue weighted by molar-refractivity contribution is -0.137. The van der Waals surface area contributed by atoms with Crippen molar-refractivity contribution in [2.45, 2.75) is 12.7 Å². The van der Waals surface area contributed by atoms with Crippen LogP contribution in [0.1, 0.15) is 5.56 Å². The van der Waals surface area contributed by atoms with Crippen molar-refractivity contribution in [3.63, 3.8) is 0 Å². The van der Waals surface area contributed by atoms with Crippen molar-refractivity contribution in [3.8, 4) is 17.0 Å². The number of ether oxygens (including phenoxy) is 1. The van der Waals surface area contributed by atoms with Gasteiger partial charge in [0.2, 0.25) is 0 Å². The molecule has 1 aliphatic rings. The molecule has 1 saturated heterocycles. The van der Waals surface area contributed by atoms with E-state index in [1.54, 1.807) is 31.5 Å². The lowest BCUT2D eigenvalue weighted by Gasteiger charge is -2.36. The predicted molar refractivity (Wildman–Crippen MR) is 118 cm³/mol. The molecule has 3 aromatic rings. The van der Waals surface area contributed by atoms with Crippen LogP contribution in [0.3, 0.4) is 0 Å². The largest absolute Gasteiger partial charge is 0.497 e. The van der Waals surface area contributed by atoms with Crippen LogP contribution in [0.15, 0.2) is 59.5 Å². The second-order valence-corrected chi connectivity index (χ2v) is 7.75. The van der Waals surface area contributed by atoms with Crippen molar-refractivity contribution in [1.29, 1.82) is 0 Å². The summed E-state index contributed by atoms with van der Waals surface area (Å²) in [5.74, 6) is 0.716. The third-order valence-electron chi connectivity index (χ3n) is 5.68. The quantitative estimate of drug-likeness (QED) is 0.565. The average Bonchev–Trinajstić information content (AvgIpc) is 2.83. The number of rotatable bonds is 6. The van der Waals surface area contributed by atoms with Crippen LogP contribution in [0.2, 0.25) is 0 Å². The van der Waals surface area contributed by atoms with E-state index in [9.17, 15) is 18.0 Å². The van der Waals surface area contributed by atoms with Gasteiger partial charge in [0, 0.05) is 44.0 Å². The number of methoxy groups -OCH3 is 1. The maximum Gasteiger partial charge on any atom is 0.416 e. The monoisotopic (exact) mass is 459 g/mol. The number of nitrogens with zero attached hydrogens (tertiary/aromatic N) is 5. The second-order valence-electron chi connectivity index (χ2n) is 7.75. The molecule has 1 aliphatic heterocycles. The van der Waals surface area contributed by atoms with Crippen molar-refractivity contribution < 1.29 is 17.9 Å². The van der Waals surface area contributed by atoms with Crippen LogP contribution < -0.4 is 15.3 Å². The van der Waals surface area contributed by atoms with Crippen molar-refractivity contribution in [2.24, 2.45) is 0 Å². The number of aromatic nitrogens is 3.